The number of sulfone groups is 1. The Hall–Kier alpha value is -2.39. The minimum Gasteiger partial charge on any atom is -0.466 e. The van der Waals surface area contributed by atoms with Crippen LogP contribution in [0.5, 0.6) is 0 Å². The minimum absolute atomic E-state index is 0.0135. The summed E-state index contributed by atoms with van der Waals surface area (Å²) in [4.78, 5) is 25.9. The molecular formula is C17H19NO7S. The molecule has 1 saturated carbocycles. The first-order valence-electron chi connectivity index (χ1n) is 7.99. The number of anilines is 1. The fourth-order valence-electron chi connectivity index (χ4n) is 2.73. The van der Waals surface area contributed by atoms with Crippen molar-refractivity contribution < 1.29 is 32.2 Å². The van der Waals surface area contributed by atoms with Gasteiger partial charge in [0.05, 0.1) is 36.5 Å². The van der Waals surface area contributed by atoms with Gasteiger partial charge in [-0.15, -0.1) is 0 Å². The number of carbonyl (C=O) groups is 2. The van der Waals surface area contributed by atoms with Gasteiger partial charge in [0.2, 0.25) is 0 Å². The van der Waals surface area contributed by atoms with Crippen LogP contribution >= 0.6 is 0 Å². The second kappa shape index (κ2) is 7.08. The van der Waals surface area contributed by atoms with E-state index in [-0.39, 0.29) is 34.8 Å². The van der Waals surface area contributed by atoms with Gasteiger partial charge in [0.25, 0.3) is 0 Å². The fraction of sp³-hybridized carbons (Fsp3) is 0.412. The van der Waals surface area contributed by atoms with Crippen LogP contribution < -0.4 is 4.90 Å². The summed E-state index contributed by atoms with van der Waals surface area (Å²) in [7, 11) is -0.883. The summed E-state index contributed by atoms with van der Waals surface area (Å²) in [5.74, 6) is -1.40. The van der Waals surface area contributed by atoms with Crippen molar-refractivity contribution in [2.75, 3.05) is 32.5 Å². The Morgan fingerprint density at radius 2 is 1.69 bits per heavy atom. The zero-order valence-corrected chi connectivity index (χ0v) is 15.2. The number of benzene rings is 1. The van der Waals surface area contributed by atoms with Crippen LogP contribution in [0.4, 0.5) is 5.69 Å². The summed E-state index contributed by atoms with van der Waals surface area (Å²) in [6, 6.07) is 6.12. The first-order chi connectivity index (χ1) is 12.4. The molecule has 1 aromatic rings. The lowest BCUT2D eigenvalue weighted by molar-refractivity contribution is -0.140. The standard InChI is InChI=1S/C17H19NO7S/c1-23-16(19)14-9-25-10-18(15(14)17(20)24-2)11-3-5-12(6-4-11)26(21,22)13-7-8-13/h3-6,13H,7-10H2,1-2H3. The maximum atomic E-state index is 12.3. The van der Waals surface area contributed by atoms with E-state index in [0.29, 0.717) is 18.5 Å². The largest absolute Gasteiger partial charge is 0.466 e. The van der Waals surface area contributed by atoms with Crippen molar-refractivity contribution in [2.45, 2.75) is 23.0 Å². The van der Waals surface area contributed by atoms with Crippen LogP contribution in [0.25, 0.3) is 0 Å². The number of rotatable bonds is 5. The van der Waals surface area contributed by atoms with E-state index in [1.54, 1.807) is 12.1 Å². The summed E-state index contributed by atoms with van der Waals surface area (Å²) in [6.45, 7) is -0.0681. The molecule has 1 fully saturated rings. The van der Waals surface area contributed by atoms with Crippen LogP contribution in [0.1, 0.15) is 12.8 Å². The maximum absolute atomic E-state index is 12.3. The summed E-state index contributed by atoms with van der Waals surface area (Å²) >= 11 is 0. The molecule has 3 rings (SSSR count). The Bertz CT molecular complexity index is 854. The van der Waals surface area contributed by atoms with Gasteiger partial charge in [-0.05, 0) is 37.1 Å². The smallest absolute Gasteiger partial charge is 0.355 e. The lowest BCUT2D eigenvalue weighted by atomic mass is 10.1. The van der Waals surface area contributed by atoms with E-state index in [4.69, 9.17) is 14.2 Å². The predicted octanol–water partition coefficient (Wildman–Crippen LogP) is 1.02. The molecule has 0 unspecified atom stereocenters. The van der Waals surface area contributed by atoms with Crippen molar-refractivity contribution >= 4 is 27.5 Å². The topological polar surface area (TPSA) is 99.2 Å². The molecule has 140 valence electrons. The van der Waals surface area contributed by atoms with E-state index >= 15 is 0 Å². The molecule has 2 aliphatic rings. The number of methoxy groups -OCH3 is 2. The monoisotopic (exact) mass is 381 g/mol. The minimum atomic E-state index is -3.30. The molecule has 1 aliphatic carbocycles. The highest BCUT2D eigenvalue weighted by Crippen LogP contribution is 2.34. The van der Waals surface area contributed by atoms with Crippen molar-refractivity contribution in [3.8, 4) is 0 Å². The molecule has 8 nitrogen and oxygen atoms in total. The van der Waals surface area contributed by atoms with E-state index in [1.165, 1.54) is 31.3 Å². The Morgan fingerprint density at radius 1 is 1.08 bits per heavy atom. The third kappa shape index (κ3) is 3.32. The Kier molecular flexibility index (Phi) is 5.01. The van der Waals surface area contributed by atoms with Crippen LogP contribution in [0, 0.1) is 0 Å². The van der Waals surface area contributed by atoms with Gasteiger partial charge in [0, 0.05) is 5.69 Å². The molecule has 26 heavy (non-hydrogen) atoms. The van der Waals surface area contributed by atoms with Crippen LogP contribution in [-0.4, -0.2) is 53.2 Å². The van der Waals surface area contributed by atoms with Gasteiger partial charge in [-0.2, -0.15) is 0 Å². The highest BCUT2D eigenvalue weighted by atomic mass is 32.2. The van der Waals surface area contributed by atoms with Gasteiger partial charge < -0.3 is 19.1 Å². The lowest BCUT2D eigenvalue weighted by Crippen LogP contribution is -2.38. The zero-order valence-electron chi connectivity index (χ0n) is 14.4. The highest BCUT2D eigenvalue weighted by Gasteiger charge is 2.37. The Labute approximate surface area is 151 Å². The Balaban J connectivity index is 1.98. The quantitative estimate of drug-likeness (QED) is 0.697. The number of esters is 2. The maximum Gasteiger partial charge on any atom is 0.355 e. The van der Waals surface area contributed by atoms with Gasteiger partial charge >= 0.3 is 11.9 Å². The number of carbonyl (C=O) groups excluding carboxylic acids is 2. The van der Waals surface area contributed by atoms with Gasteiger partial charge in [0.1, 0.15) is 12.4 Å². The van der Waals surface area contributed by atoms with Crippen molar-refractivity contribution in [2.24, 2.45) is 0 Å². The first-order valence-corrected chi connectivity index (χ1v) is 9.53. The summed E-state index contributed by atoms with van der Waals surface area (Å²) < 4.78 is 39.5. The summed E-state index contributed by atoms with van der Waals surface area (Å²) in [6.07, 6.45) is 1.36. The normalized spacial score (nSPS) is 17.8. The second-order valence-electron chi connectivity index (χ2n) is 5.95. The predicted molar refractivity (Wildman–Crippen MR) is 91.0 cm³/mol. The molecular weight excluding hydrogens is 362 g/mol. The van der Waals surface area contributed by atoms with Crippen LogP contribution in [0.3, 0.4) is 0 Å². The van der Waals surface area contributed by atoms with Crippen molar-refractivity contribution in [3.05, 3.63) is 35.5 Å². The zero-order chi connectivity index (χ0) is 18.9. The molecule has 0 aromatic heterocycles. The molecule has 1 aliphatic heterocycles. The van der Waals surface area contributed by atoms with Crippen LogP contribution in [0.15, 0.2) is 40.4 Å². The van der Waals surface area contributed by atoms with Crippen molar-refractivity contribution in [1.82, 2.24) is 0 Å². The lowest BCUT2D eigenvalue weighted by Gasteiger charge is -2.31. The average molecular weight is 381 g/mol. The molecule has 0 atom stereocenters. The van der Waals surface area contributed by atoms with Gasteiger partial charge in [-0.25, -0.2) is 18.0 Å². The number of nitrogens with zero attached hydrogens (tertiary/aromatic N) is 1. The molecule has 1 aromatic carbocycles. The molecule has 0 saturated heterocycles. The number of ether oxygens (including phenoxy) is 3. The number of hydrogen-bond acceptors (Lipinski definition) is 8. The Morgan fingerprint density at radius 3 is 2.23 bits per heavy atom. The second-order valence-corrected chi connectivity index (χ2v) is 8.18. The van der Waals surface area contributed by atoms with Gasteiger partial charge in [0.15, 0.2) is 9.84 Å². The SMILES string of the molecule is COC(=O)C1=C(C(=O)OC)N(c2ccc(S(=O)(=O)C3CC3)cc2)COC1. The molecule has 0 bridgehead atoms. The van der Waals surface area contributed by atoms with Crippen LogP contribution in [0.2, 0.25) is 0 Å². The van der Waals surface area contributed by atoms with Gasteiger partial charge in [-0.3, -0.25) is 0 Å². The summed E-state index contributed by atoms with van der Waals surface area (Å²) in [5, 5.41) is -0.303. The molecule has 0 N–H and O–H groups in total. The third-order valence-corrected chi connectivity index (χ3v) is 6.55. The summed E-state index contributed by atoms with van der Waals surface area (Å²) in [5.41, 5.74) is 0.560. The average Bonchev–Trinajstić information content (AvgIpc) is 3.52. The van der Waals surface area contributed by atoms with Gasteiger partial charge in [-0.1, -0.05) is 0 Å². The van der Waals surface area contributed by atoms with E-state index in [0.717, 1.165) is 0 Å². The molecule has 0 spiro atoms. The van der Waals surface area contributed by atoms with E-state index in [9.17, 15) is 18.0 Å². The molecule has 0 radical (unpaired) electrons. The van der Waals surface area contributed by atoms with E-state index < -0.39 is 21.8 Å². The highest BCUT2D eigenvalue weighted by molar-refractivity contribution is 7.92. The third-order valence-electron chi connectivity index (χ3n) is 4.27. The van der Waals surface area contributed by atoms with Crippen molar-refractivity contribution in [1.29, 1.82) is 0 Å². The fourth-order valence-corrected chi connectivity index (χ4v) is 4.39. The molecule has 0 amide bonds. The van der Waals surface area contributed by atoms with Crippen LogP contribution in [-0.2, 0) is 33.6 Å². The molecule has 9 heteroatoms. The van der Waals surface area contributed by atoms with E-state index in [2.05, 4.69) is 0 Å². The van der Waals surface area contributed by atoms with E-state index in [1.807, 2.05) is 0 Å². The number of hydrogen-bond donors (Lipinski definition) is 0. The molecule has 1 heterocycles. The first kappa shape index (κ1) is 18.4. The van der Waals surface area contributed by atoms with Crippen molar-refractivity contribution in [3.63, 3.8) is 0 Å².